The Balaban J connectivity index is 1.31. The predicted octanol–water partition coefficient (Wildman–Crippen LogP) is 4.40. The summed E-state index contributed by atoms with van der Waals surface area (Å²) in [4.78, 5) is 20.6. The van der Waals surface area contributed by atoms with Gasteiger partial charge >= 0.3 is 6.18 Å². The topological polar surface area (TPSA) is 79.4 Å². The summed E-state index contributed by atoms with van der Waals surface area (Å²) < 4.78 is 61.9. The van der Waals surface area contributed by atoms with E-state index >= 15 is 0 Å². The largest absolute Gasteiger partial charge is 0.416 e. The lowest BCUT2D eigenvalue weighted by molar-refractivity contribution is -0.137. The van der Waals surface area contributed by atoms with Gasteiger partial charge in [0, 0.05) is 30.7 Å². The number of sulfone groups is 1. The third kappa shape index (κ3) is 5.48. The van der Waals surface area contributed by atoms with E-state index in [2.05, 4.69) is 15.2 Å². The number of thiophene rings is 1. The summed E-state index contributed by atoms with van der Waals surface area (Å²) in [5, 5.41) is 2.80. The van der Waals surface area contributed by atoms with Crippen molar-refractivity contribution in [1.29, 1.82) is 0 Å². The molecule has 3 heterocycles. The molecule has 0 unspecified atom stereocenters. The first-order chi connectivity index (χ1) is 16.0. The summed E-state index contributed by atoms with van der Waals surface area (Å²) in [5.41, 5.74) is 1.72. The van der Waals surface area contributed by atoms with Crippen LogP contribution in [0.3, 0.4) is 0 Å². The van der Waals surface area contributed by atoms with Crippen LogP contribution >= 0.6 is 11.3 Å². The van der Waals surface area contributed by atoms with Crippen molar-refractivity contribution in [2.75, 3.05) is 5.75 Å². The van der Waals surface area contributed by atoms with Crippen LogP contribution < -0.4 is 5.32 Å². The van der Waals surface area contributed by atoms with E-state index < -0.39 is 21.6 Å². The summed E-state index contributed by atoms with van der Waals surface area (Å²) in [6, 6.07) is 10.1. The molecular weight excluding hydrogens is 487 g/mol. The van der Waals surface area contributed by atoms with Crippen LogP contribution in [0.2, 0.25) is 0 Å². The van der Waals surface area contributed by atoms with E-state index in [1.54, 1.807) is 13.0 Å². The van der Waals surface area contributed by atoms with Crippen LogP contribution in [0.15, 0.2) is 53.6 Å². The molecule has 0 spiro atoms. The zero-order chi connectivity index (χ0) is 24.5. The van der Waals surface area contributed by atoms with Gasteiger partial charge in [0.25, 0.3) is 5.91 Å². The number of fused-ring (bicyclic) bond motifs is 1. The van der Waals surface area contributed by atoms with Crippen LogP contribution in [0.5, 0.6) is 0 Å². The third-order valence-corrected chi connectivity index (χ3v) is 8.42. The molecule has 1 aliphatic rings. The molecule has 0 saturated heterocycles. The van der Waals surface area contributed by atoms with Gasteiger partial charge in [-0.1, -0.05) is 19.1 Å². The normalized spacial score (nSPS) is 14.2. The molecule has 0 saturated carbocycles. The maximum Gasteiger partial charge on any atom is 0.416 e. The van der Waals surface area contributed by atoms with Crippen LogP contribution in [0.4, 0.5) is 13.2 Å². The van der Waals surface area contributed by atoms with Crippen molar-refractivity contribution >= 4 is 27.1 Å². The van der Waals surface area contributed by atoms with Crippen LogP contribution in [-0.4, -0.2) is 30.0 Å². The molecule has 1 aromatic carbocycles. The number of hydrogen-bond donors (Lipinski definition) is 1. The fraction of sp³-hybridized carbons (Fsp3) is 0.304. The summed E-state index contributed by atoms with van der Waals surface area (Å²) in [6.45, 7) is 3.51. The summed E-state index contributed by atoms with van der Waals surface area (Å²) in [6.07, 6.45) is -3.05. The number of carbonyl (C=O) groups excluding carboxylic acids is 1. The number of amides is 1. The quantitative estimate of drug-likeness (QED) is 0.511. The number of pyridine rings is 1. The average molecular weight is 510 g/mol. The first kappa shape index (κ1) is 24.4. The van der Waals surface area contributed by atoms with Crippen LogP contribution in [0, 0.1) is 0 Å². The van der Waals surface area contributed by atoms with Gasteiger partial charge in [-0.15, -0.1) is 11.3 Å². The van der Waals surface area contributed by atoms with E-state index in [1.165, 1.54) is 35.7 Å². The minimum Gasteiger partial charge on any atom is -0.346 e. The number of hydrogen-bond acceptors (Lipinski definition) is 6. The van der Waals surface area contributed by atoms with E-state index in [4.69, 9.17) is 0 Å². The Morgan fingerprint density at radius 3 is 2.47 bits per heavy atom. The Bertz CT molecular complexity index is 1260. The van der Waals surface area contributed by atoms with Crippen LogP contribution in [-0.2, 0) is 42.2 Å². The van der Waals surface area contributed by atoms with E-state index in [0.29, 0.717) is 30.2 Å². The second-order valence-corrected chi connectivity index (χ2v) is 11.4. The molecule has 0 bridgehead atoms. The monoisotopic (exact) mass is 509 g/mol. The Hall–Kier alpha value is -2.76. The summed E-state index contributed by atoms with van der Waals surface area (Å²) in [7, 11) is -3.32. The Morgan fingerprint density at radius 1 is 1.15 bits per heavy atom. The number of aromatic nitrogens is 1. The van der Waals surface area contributed by atoms with Gasteiger partial charge < -0.3 is 5.32 Å². The predicted molar refractivity (Wildman–Crippen MR) is 122 cm³/mol. The van der Waals surface area contributed by atoms with Crippen molar-refractivity contribution in [3.05, 3.63) is 80.8 Å². The second-order valence-electron chi connectivity index (χ2n) is 7.97. The van der Waals surface area contributed by atoms with Gasteiger partial charge in [0.2, 0.25) is 0 Å². The Kier molecular flexibility index (Phi) is 6.79. The zero-order valence-corrected chi connectivity index (χ0v) is 19.9. The minimum absolute atomic E-state index is 0.00439. The highest BCUT2D eigenvalue weighted by molar-refractivity contribution is 7.91. The van der Waals surface area contributed by atoms with Gasteiger partial charge in [-0.2, -0.15) is 13.2 Å². The molecule has 6 nitrogen and oxygen atoms in total. The van der Waals surface area contributed by atoms with Gasteiger partial charge in [0.05, 0.1) is 33.3 Å². The molecule has 1 N–H and O–H groups in total. The summed E-state index contributed by atoms with van der Waals surface area (Å²) in [5.74, 6) is -0.240. The molecule has 0 fully saturated rings. The highest BCUT2D eigenvalue weighted by atomic mass is 32.2. The van der Waals surface area contributed by atoms with Crippen LogP contribution in [0.25, 0.3) is 0 Å². The molecule has 2 aromatic heterocycles. The number of alkyl halides is 3. The lowest BCUT2D eigenvalue weighted by Crippen LogP contribution is -2.22. The molecule has 3 aromatic rings. The molecule has 0 radical (unpaired) electrons. The van der Waals surface area contributed by atoms with Crippen LogP contribution in [0.1, 0.15) is 43.9 Å². The van der Waals surface area contributed by atoms with E-state index in [0.717, 1.165) is 28.1 Å². The fourth-order valence-electron chi connectivity index (χ4n) is 3.64. The lowest BCUT2D eigenvalue weighted by Gasteiger charge is -2.16. The third-order valence-electron chi connectivity index (χ3n) is 5.54. The van der Waals surface area contributed by atoms with Gasteiger partial charge in [-0.05, 0) is 41.5 Å². The molecule has 180 valence electrons. The van der Waals surface area contributed by atoms with Gasteiger partial charge in [0.15, 0.2) is 9.84 Å². The first-order valence-corrected chi connectivity index (χ1v) is 13.0. The minimum atomic E-state index is -4.34. The molecule has 4 rings (SSSR count). The molecule has 0 atom stereocenters. The Labute approximate surface area is 199 Å². The Morgan fingerprint density at radius 2 is 1.88 bits per heavy atom. The maximum absolute atomic E-state index is 12.7. The van der Waals surface area contributed by atoms with Gasteiger partial charge in [-0.3, -0.25) is 14.7 Å². The number of nitrogens with zero attached hydrogens (tertiary/aromatic N) is 2. The van der Waals surface area contributed by atoms with Gasteiger partial charge in [-0.25, -0.2) is 8.42 Å². The van der Waals surface area contributed by atoms with E-state index in [1.807, 2.05) is 6.07 Å². The molecule has 1 amide bonds. The zero-order valence-electron chi connectivity index (χ0n) is 18.2. The van der Waals surface area contributed by atoms with E-state index in [9.17, 15) is 26.4 Å². The SMILES string of the molecule is CCS(=O)(=O)c1ccc(CNC(=O)c2cc3c(s2)CN(Cc2ccc(C(F)(F)F)cc2)C3)nc1. The maximum atomic E-state index is 12.7. The van der Waals surface area contributed by atoms with Crippen molar-refractivity contribution in [2.45, 2.75) is 44.2 Å². The van der Waals surface area contributed by atoms with Crippen molar-refractivity contribution in [2.24, 2.45) is 0 Å². The van der Waals surface area contributed by atoms with Gasteiger partial charge in [0.1, 0.15) is 0 Å². The molecular formula is C23H22F3N3O3S2. The number of rotatable bonds is 7. The van der Waals surface area contributed by atoms with Crippen molar-refractivity contribution < 1.29 is 26.4 Å². The van der Waals surface area contributed by atoms with Crippen molar-refractivity contribution in [3.8, 4) is 0 Å². The van der Waals surface area contributed by atoms with Crippen molar-refractivity contribution in [1.82, 2.24) is 15.2 Å². The fourth-order valence-corrected chi connectivity index (χ4v) is 5.59. The number of benzene rings is 1. The number of halogens is 3. The molecule has 11 heteroatoms. The number of nitrogens with one attached hydrogen (secondary N) is 1. The highest BCUT2D eigenvalue weighted by Gasteiger charge is 2.30. The standard InChI is InChI=1S/C23H22F3N3O3S2/c1-2-34(31,32)19-8-7-18(27-11-19)10-28-22(30)20-9-16-13-29(14-21(16)33-20)12-15-3-5-17(6-4-15)23(24,25)26/h3-9,11H,2,10,12-14H2,1H3,(H,28,30). The first-order valence-electron chi connectivity index (χ1n) is 10.5. The molecule has 34 heavy (non-hydrogen) atoms. The molecule has 1 aliphatic heterocycles. The smallest absolute Gasteiger partial charge is 0.346 e. The second kappa shape index (κ2) is 9.47. The van der Waals surface area contributed by atoms with E-state index in [-0.39, 0.29) is 23.1 Å². The summed E-state index contributed by atoms with van der Waals surface area (Å²) >= 11 is 1.39. The lowest BCUT2D eigenvalue weighted by atomic mass is 10.1. The highest BCUT2D eigenvalue weighted by Crippen LogP contribution is 2.33. The molecule has 0 aliphatic carbocycles. The average Bonchev–Trinajstić information content (AvgIpc) is 3.36. The van der Waals surface area contributed by atoms with Crippen molar-refractivity contribution in [3.63, 3.8) is 0 Å². The number of carbonyl (C=O) groups is 1.